The van der Waals surface area contributed by atoms with Gasteiger partial charge in [0.05, 0.1) is 28.6 Å². The van der Waals surface area contributed by atoms with Crippen LogP contribution in [0.2, 0.25) is 0 Å². The molecular weight excluding hydrogens is 633 g/mol. The summed E-state index contributed by atoms with van der Waals surface area (Å²) in [4.78, 5) is 2.36. The van der Waals surface area contributed by atoms with Crippen molar-refractivity contribution in [2.45, 2.75) is 25.1 Å². The second-order valence-electron chi connectivity index (χ2n) is 14.2. The third kappa shape index (κ3) is 5.07. The minimum atomic E-state index is -3.38. The fourth-order valence-electron chi connectivity index (χ4n) is 8.34. The molecule has 1 aromatic heterocycles. The van der Waals surface area contributed by atoms with Gasteiger partial charge in [-0.25, -0.2) is 8.42 Å². The fraction of sp³-hybridized carbons (Fsp3) is 0.156. The highest BCUT2D eigenvalue weighted by atomic mass is 32.2. The topological polar surface area (TPSA) is 42.3 Å². The van der Waals surface area contributed by atoms with Crippen LogP contribution in [0.15, 0.2) is 163 Å². The summed E-state index contributed by atoms with van der Waals surface area (Å²) in [7, 11) is -1.21. The van der Waals surface area contributed by atoms with E-state index < -0.39 is 9.84 Å². The van der Waals surface area contributed by atoms with E-state index in [4.69, 9.17) is 0 Å². The Morgan fingerprint density at radius 2 is 1.38 bits per heavy atom. The number of fused-ring (bicyclic) bond motifs is 5. The molecule has 3 aliphatic rings. The number of hydrogen-bond donors (Lipinski definition) is 0. The molecule has 0 N–H and O–H groups in total. The van der Waals surface area contributed by atoms with Crippen molar-refractivity contribution in [3.63, 3.8) is 0 Å². The van der Waals surface area contributed by atoms with Gasteiger partial charge in [-0.1, -0.05) is 128 Å². The van der Waals surface area contributed by atoms with Crippen LogP contribution in [0.25, 0.3) is 38.8 Å². The third-order valence-electron chi connectivity index (χ3n) is 10.9. The number of aromatic nitrogens is 1. The number of hydrogen-bond acceptors (Lipinski definition) is 3. The standard InChI is InChI=1S/C45H38N2O2S/c1-45(35-26-43(31-13-5-3-6-14-31)46(2)44(27-35)32-15-7-4-8-16-32)24-23-33-29-50(48,49)30-34-25-36(21-22-37(34)40(33)28-45)47-41-19-11-9-17-38(41)39-18-10-12-20-42(39)47/h3-27,43H,28-30H2,1-2H3. The molecule has 1 aliphatic carbocycles. The highest BCUT2D eigenvalue weighted by Gasteiger charge is 2.37. The van der Waals surface area contributed by atoms with Crippen LogP contribution in [-0.4, -0.2) is 30.7 Å². The van der Waals surface area contributed by atoms with Crippen molar-refractivity contribution >= 4 is 42.9 Å². The largest absolute Gasteiger partial charge is 0.364 e. The number of sulfone groups is 1. The van der Waals surface area contributed by atoms with Crippen molar-refractivity contribution in [1.29, 1.82) is 0 Å². The van der Waals surface area contributed by atoms with E-state index in [-0.39, 0.29) is 23.0 Å². The van der Waals surface area contributed by atoms with Gasteiger partial charge in [0.1, 0.15) is 0 Å². The van der Waals surface area contributed by atoms with Crippen molar-refractivity contribution in [1.82, 2.24) is 9.47 Å². The van der Waals surface area contributed by atoms with Crippen molar-refractivity contribution in [2.75, 3.05) is 12.8 Å². The van der Waals surface area contributed by atoms with Crippen LogP contribution < -0.4 is 0 Å². The predicted molar refractivity (Wildman–Crippen MR) is 207 cm³/mol. The second kappa shape index (κ2) is 11.6. The second-order valence-corrected chi connectivity index (χ2v) is 16.2. The van der Waals surface area contributed by atoms with Gasteiger partial charge in [-0.05, 0) is 75.7 Å². The number of para-hydroxylation sites is 2. The molecule has 0 bridgehead atoms. The lowest BCUT2D eigenvalue weighted by Gasteiger charge is -2.40. The summed E-state index contributed by atoms with van der Waals surface area (Å²) in [5.74, 6) is 0.0698. The van der Waals surface area contributed by atoms with E-state index in [0.29, 0.717) is 6.42 Å². The molecule has 0 radical (unpaired) electrons. The Morgan fingerprint density at radius 1 is 0.740 bits per heavy atom. The fourth-order valence-corrected chi connectivity index (χ4v) is 9.89. The lowest BCUT2D eigenvalue weighted by molar-refractivity contribution is 0.398. The van der Waals surface area contributed by atoms with E-state index in [1.54, 1.807) is 0 Å². The maximum atomic E-state index is 13.7. The molecule has 0 fully saturated rings. The van der Waals surface area contributed by atoms with Gasteiger partial charge in [0.15, 0.2) is 9.84 Å². The summed E-state index contributed by atoms with van der Waals surface area (Å²) in [6, 6.07) is 44.7. The number of nitrogens with zero attached hydrogens (tertiary/aromatic N) is 2. The molecular formula is C45H38N2O2S. The Labute approximate surface area is 293 Å². The molecule has 9 rings (SSSR count). The van der Waals surface area contributed by atoms with Gasteiger partial charge in [-0.15, -0.1) is 0 Å². The van der Waals surface area contributed by atoms with Gasteiger partial charge in [-0.3, -0.25) is 0 Å². The first-order valence-electron chi connectivity index (χ1n) is 17.3. The maximum Gasteiger partial charge on any atom is 0.158 e. The van der Waals surface area contributed by atoms with Crippen molar-refractivity contribution < 1.29 is 8.42 Å². The predicted octanol–water partition coefficient (Wildman–Crippen LogP) is 10.1. The first-order valence-corrected chi connectivity index (χ1v) is 19.1. The lowest BCUT2D eigenvalue weighted by Crippen LogP contribution is -2.29. The molecule has 2 unspecified atom stereocenters. The Bertz CT molecular complexity index is 2500. The molecule has 246 valence electrons. The zero-order chi connectivity index (χ0) is 34.0. The van der Waals surface area contributed by atoms with Crippen LogP contribution in [0.4, 0.5) is 0 Å². The highest BCUT2D eigenvalue weighted by molar-refractivity contribution is 7.90. The van der Waals surface area contributed by atoms with E-state index in [2.05, 4.69) is 175 Å². The van der Waals surface area contributed by atoms with E-state index in [9.17, 15) is 8.42 Å². The van der Waals surface area contributed by atoms with Gasteiger partial charge in [0.25, 0.3) is 0 Å². The molecule has 4 nitrogen and oxygen atoms in total. The average Bonchev–Trinajstić information content (AvgIpc) is 3.42. The van der Waals surface area contributed by atoms with E-state index >= 15 is 0 Å². The summed E-state index contributed by atoms with van der Waals surface area (Å²) in [6.45, 7) is 2.30. The van der Waals surface area contributed by atoms with Crippen LogP contribution in [0, 0.1) is 5.41 Å². The van der Waals surface area contributed by atoms with Gasteiger partial charge in [0.2, 0.25) is 0 Å². The minimum Gasteiger partial charge on any atom is -0.364 e. The monoisotopic (exact) mass is 670 g/mol. The molecule has 2 atom stereocenters. The molecule has 50 heavy (non-hydrogen) atoms. The highest BCUT2D eigenvalue weighted by Crippen LogP contribution is 2.50. The Kier molecular flexibility index (Phi) is 7.11. The van der Waals surface area contributed by atoms with Crippen molar-refractivity contribution in [2.24, 2.45) is 5.41 Å². The number of likely N-dealkylation sites (N-methyl/N-ethyl adjacent to an activating group) is 1. The van der Waals surface area contributed by atoms with E-state index in [1.165, 1.54) is 33.2 Å². The van der Waals surface area contributed by atoms with Crippen LogP contribution in [0.5, 0.6) is 0 Å². The number of allylic oxidation sites excluding steroid dienone is 5. The molecule has 0 spiro atoms. The van der Waals surface area contributed by atoms with Gasteiger partial charge in [0, 0.05) is 34.6 Å². The molecule has 2 aliphatic heterocycles. The molecule has 0 saturated carbocycles. The Morgan fingerprint density at radius 3 is 2.08 bits per heavy atom. The Balaban J connectivity index is 1.17. The zero-order valence-corrected chi connectivity index (χ0v) is 29.1. The summed E-state index contributed by atoms with van der Waals surface area (Å²) in [6.07, 6.45) is 9.80. The normalized spacial score (nSPS) is 21.4. The maximum absolute atomic E-state index is 13.7. The van der Waals surface area contributed by atoms with E-state index in [0.717, 1.165) is 39.0 Å². The summed E-state index contributed by atoms with van der Waals surface area (Å²) < 4.78 is 29.7. The minimum absolute atomic E-state index is 0.0203. The summed E-state index contributed by atoms with van der Waals surface area (Å²) >= 11 is 0. The zero-order valence-electron chi connectivity index (χ0n) is 28.3. The quantitative estimate of drug-likeness (QED) is 0.188. The Hall–Kier alpha value is -5.39. The van der Waals surface area contributed by atoms with Gasteiger partial charge in [-0.2, -0.15) is 0 Å². The SMILES string of the molecule is CN1C(c2ccccc2)=CC(C2(C)C=CC3=C(C2)c2ccc(-n4c5ccccc5c5ccccc54)cc2CS(=O)(=O)C3)=CC1c1ccccc1. The van der Waals surface area contributed by atoms with Crippen LogP contribution in [0.3, 0.4) is 0 Å². The van der Waals surface area contributed by atoms with Crippen LogP contribution >= 0.6 is 0 Å². The summed E-state index contributed by atoms with van der Waals surface area (Å²) in [5.41, 5.74) is 11.6. The summed E-state index contributed by atoms with van der Waals surface area (Å²) in [5, 5.41) is 2.37. The molecule has 3 heterocycles. The average molecular weight is 671 g/mol. The van der Waals surface area contributed by atoms with Gasteiger partial charge < -0.3 is 9.47 Å². The molecule has 0 amide bonds. The lowest BCUT2D eigenvalue weighted by atomic mass is 9.69. The van der Waals surface area contributed by atoms with E-state index in [1.807, 2.05) is 0 Å². The molecule has 5 heteroatoms. The van der Waals surface area contributed by atoms with Crippen LogP contribution in [0.1, 0.15) is 41.6 Å². The first kappa shape index (κ1) is 30.7. The smallest absolute Gasteiger partial charge is 0.158 e. The molecule has 0 saturated heterocycles. The number of rotatable bonds is 4. The molecule has 5 aromatic carbocycles. The molecule has 6 aromatic rings. The van der Waals surface area contributed by atoms with Crippen LogP contribution in [-0.2, 0) is 15.6 Å². The van der Waals surface area contributed by atoms with Crippen molar-refractivity contribution in [3.8, 4) is 5.69 Å². The first-order chi connectivity index (χ1) is 24.3. The van der Waals surface area contributed by atoms with Gasteiger partial charge >= 0.3 is 0 Å². The van der Waals surface area contributed by atoms with Crippen molar-refractivity contribution in [3.05, 3.63) is 185 Å². The third-order valence-corrected chi connectivity index (χ3v) is 12.4. The number of benzene rings is 5.